The number of carbonyl (C=O) groups is 2. The lowest BCUT2D eigenvalue weighted by Crippen LogP contribution is -2.50. The number of piperidine rings is 1. The Kier molecular flexibility index (Phi) is 3.38. The molecule has 0 bridgehead atoms. The van der Waals surface area contributed by atoms with Crippen molar-refractivity contribution in [2.45, 2.75) is 25.4 Å². The van der Waals surface area contributed by atoms with Crippen LogP contribution in [0.25, 0.3) is 0 Å². The molecule has 1 heterocycles. The predicted molar refractivity (Wildman–Crippen MR) is 59.1 cm³/mol. The van der Waals surface area contributed by atoms with Crippen molar-refractivity contribution in [1.29, 1.82) is 0 Å². The highest BCUT2D eigenvalue weighted by Gasteiger charge is 2.31. The maximum Gasteiger partial charge on any atom is 0.246 e. The SMILES string of the molecule is NC1CCC(=O)N(Cc2ccc(F)c(F)c2)C1=O. The standard InChI is InChI=1S/C12H12F2N2O2/c13-8-2-1-7(5-9(8)14)6-16-11(17)4-3-10(15)12(16)18/h1-2,5,10H,3-4,6,15H2. The Morgan fingerprint density at radius 3 is 2.67 bits per heavy atom. The molecular weight excluding hydrogens is 242 g/mol. The molecule has 18 heavy (non-hydrogen) atoms. The van der Waals surface area contributed by atoms with Crippen LogP contribution in [-0.2, 0) is 16.1 Å². The fraction of sp³-hybridized carbons (Fsp3) is 0.333. The van der Waals surface area contributed by atoms with Crippen LogP contribution < -0.4 is 5.73 Å². The third-order valence-corrected chi connectivity index (χ3v) is 2.88. The molecule has 1 aromatic rings. The molecule has 0 saturated carbocycles. The average molecular weight is 254 g/mol. The number of hydrogen-bond acceptors (Lipinski definition) is 3. The van der Waals surface area contributed by atoms with E-state index >= 15 is 0 Å². The van der Waals surface area contributed by atoms with Crippen LogP contribution in [0.1, 0.15) is 18.4 Å². The summed E-state index contributed by atoms with van der Waals surface area (Å²) in [5, 5.41) is 0. The fourth-order valence-electron chi connectivity index (χ4n) is 1.85. The van der Waals surface area contributed by atoms with Gasteiger partial charge in [0.05, 0.1) is 12.6 Å². The Morgan fingerprint density at radius 2 is 2.00 bits per heavy atom. The number of nitrogens with zero attached hydrogens (tertiary/aromatic N) is 1. The molecule has 0 aliphatic carbocycles. The van der Waals surface area contributed by atoms with Crippen LogP contribution in [0.5, 0.6) is 0 Å². The molecule has 1 aliphatic heterocycles. The molecule has 4 nitrogen and oxygen atoms in total. The third-order valence-electron chi connectivity index (χ3n) is 2.88. The number of hydrogen-bond donors (Lipinski definition) is 1. The molecular formula is C12H12F2N2O2. The van der Waals surface area contributed by atoms with Gasteiger partial charge in [-0.2, -0.15) is 0 Å². The van der Waals surface area contributed by atoms with E-state index in [0.29, 0.717) is 12.0 Å². The molecule has 1 saturated heterocycles. The maximum atomic E-state index is 13.0. The number of rotatable bonds is 2. The van der Waals surface area contributed by atoms with Crippen LogP contribution in [-0.4, -0.2) is 22.8 Å². The summed E-state index contributed by atoms with van der Waals surface area (Å²) in [4.78, 5) is 24.3. The summed E-state index contributed by atoms with van der Waals surface area (Å²) < 4.78 is 25.8. The van der Waals surface area contributed by atoms with Gasteiger partial charge in [0.2, 0.25) is 11.8 Å². The summed E-state index contributed by atoms with van der Waals surface area (Å²) in [6, 6.07) is 2.56. The van der Waals surface area contributed by atoms with E-state index in [2.05, 4.69) is 0 Å². The van der Waals surface area contributed by atoms with Crippen molar-refractivity contribution in [2.24, 2.45) is 5.73 Å². The van der Waals surface area contributed by atoms with E-state index in [1.165, 1.54) is 6.07 Å². The van der Waals surface area contributed by atoms with E-state index < -0.39 is 23.6 Å². The van der Waals surface area contributed by atoms with Crippen molar-refractivity contribution in [2.75, 3.05) is 0 Å². The molecule has 6 heteroatoms. The largest absolute Gasteiger partial charge is 0.320 e. The first kappa shape index (κ1) is 12.6. The quantitative estimate of drug-likeness (QED) is 0.799. The highest BCUT2D eigenvalue weighted by molar-refractivity contribution is 6.00. The number of benzene rings is 1. The molecule has 2 N–H and O–H groups in total. The first-order valence-electron chi connectivity index (χ1n) is 5.53. The lowest BCUT2D eigenvalue weighted by molar-refractivity contribution is -0.149. The van der Waals surface area contributed by atoms with Crippen LogP contribution in [0.15, 0.2) is 18.2 Å². The van der Waals surface area contributed by atoms with Crippen molar-refractivity contribution in [3.8, 4) is 0 Å². The van der Waals surface area contributed by atoms with Crippen molar-refractivity contribution in [1.82, 2.24) is 4.90 Å². The first-order valence-corrected chi connectivity index (χ1v) is 5.53. The number of halogens is 2. The van der Waals surface area contributed by atoms with E-state index in [1.54, 1.807) is 0 Å². The Labute approximate surface area is 102 Å². The van der Waals surface area contributed by atoms with Gasteiger partial charge in [-0.1, -0.05) is 6.07 Å². The molecule has 1 aromatic carbocycles. The molecule has 0 spiro atoms. The van der Waals surface area contributed by atoms with Gasteiger partial charge in [-0.05, 0) is 24.1 Å². The topological polar surface area (TPSA) is 63.4 Å². The van der Waals surface area contributed by atoms with Crippen LogP contribution in [0.2, 0.25) is 0 Å². The van der Waals surface area contributed by atoms with Crippen molar-refractivity contribution in [3.05, 3.63) is 35.4 Å². The Bertz CT molecular complexity index is 505. The zero-order chi connectivity index (χ0) is 13.3. The molecule has 2 rings (SSSR count). The molecule has 0 aromatic heterocycles. The van der Waals surface area contributed by atoms with E-state index in [9.17, 15) is 18.4 Å². The number of carbonyl (C=O) groups excluding carboxylic acids is 2. The highest BCUT2D eigenvalue weighted by Crippen LogP contribution is 2.16. The molecule has 96 valence electrons. The normalized spacial score (nSPS) is 20.4. The van der Waals surface area contributed by atoms with E-state index in [4.69, 9.17) is 5.73 Å². The fourth-order valence-corrected chi connectivity index (χ4v) is 1.85. The molecule has 1 unspecified atom stereocenters. The van der Waals surface area contributed by atoms with Crippen molar-refractivity contribution in [3.63, 3.8) is 0 Å². The van der Waals surface area contributed by atoms with Crippen LogP contribution in [0, 0.1) is 11.6 Å². The minimum atomic E-state index is -1.01. The first-order chi connectivity index (χ1) is 8.49. The summed E-state index contributed by atoms with van der Waals surface area (Å²) in [5.41, 5.74) is 5.91. The average Bonchev–Trinajstić information content (AvgIpc) is 2.34. The van der Waals surface area contributed by atoms with E-state index in [1.807, 2.05) is 0 Å². The minimum absolute atomic E-state index is 0.0808. The summed E-state index contributed by atoms with van der Waals surface area (Å²) in [6.07, 6.45) is 0.516. The van der Waals surface area contributed by atoms with E-state index in [0.717, 1.165) is 17.0 Å². The third kappa shape index (κ3) is 2.38. The van der Waals surface area contributed by atoms with Gasteiger partial charge < -0.3 is 5.73 Å². The van der Waals surface area contributed by atoms with Crippen LogP contribution >= 0.6 is 0 Å². The van der Waals surface area contributed by atoms with Gasteiger partial charge in [-0.25, -0.2) is 8.78 Å². The summed E-state index contributed by atoms with van der Waals surface area (Å²) in [6.45, 7) is -0.0808. The molecule has 1 atom stereocenters. The number of amides is 2. The zero-order valence-electron chi connectivity index (χ0n) is 9.53. The Hall–Kier alpha value is -1.82. The van der Waals surface area contributed by atoms with Crippen molar-refractivity contribution >= 4 is 11.8 Å². The monoisotopic (exact) mass is 254 g/mol. The lowest BCUT2D eigenvalue weighted by atomic mass is 10.0. The maximum absolute atomic E-state index is 13.0. The van der Waals surface area contributed by atoms with Gasteiger partial charge in [0, 0.05) is 6.42 Å². The van der Waals surface area contributed by atoms with Gasteiger partial charge in [-0.3, -0.25) is 14.5 Å². The van der Waals surface area contributed by atoms with Gasteiger partial charge in [0.1, 0.15) is 0 Å². The highest BCUT2D eigenvalue weighted by atomic mass is 19.2. The van der Waals surface area contributed by atoms with Crippen molar-refractivity contribution < 1.29 is 18.4 Å². The lowest BCUT2D eigenvalue weighted by Gasteiger charge is -2.28. The summed E-state index contributed by atoms with van der Waals surface area (Å²) in [7, 11) is 0. The Balaban J connectivity index is 2.18. The second-order valence-corrected chi connectivity index (χ2v) is 4.21. The van der Waals surface area contributed by atoms with Gasteiger partial charge in [0.25, 0.3) is 0 Å². The van der Waals surface area contributed by atoms with Gasteiger partial charge in [0.15, 0.2) is 11.6 Å². The molecule has 1 fully saturated rings. The smallest absolute Gasteiger partial charge is 0.246 e. The number of likely N-dealkylation sites (tertiary alicyclic amines) is 1. The zero-order valence-corrected chi connectivity index (χ0v) is 9.53. The van der Waals surface area contributed by atoms with Crippen LogP contribution in [0.3, 0.4) is 0 Å². The molecule has 2 amide bonds. The van der Waals surface area contributed by atoms with Gasteiger partial charge in [-0.15, -0.1) is 0 Å². The van der Waals surface area contributed by atoms with E-state index in [-0.39, 0.29) is 18.9 Å². The van der Waals surface area contributed by atoms with Gasteiger partial charge >= 0.3 is 0 Å². The predicted octanol–water partition coefficient (Wildman–Crippen LogP) is 0.941. The van der Waals surface area contributed by atoms with Crippen LogP contribution in [0.4, 0.5) is 8.78 Å². The number of nitrogens with two attached hydrogens (primary N) is 1. The number of imide groups is 1. The molecule has 1 aliphatic rings. The second kappa shape index (κ2) is 4.81. The summed E-state index contributed by atoms with van der Waals surface area (Å²) in [5.74, 6) is -2.79. The Morgan fingerprint density at radius 1 is 1.28 bits per heavy atom. The minimum Gasteiger partial charge on any atom is -0.320 e. The second-order valence-electron chi connectivity index (χ2n) is 4.21. The summed E-state index contributed by atoms with van der Waals surface area (Å²) >= 11 is 0. The molecule has 0 radical (unpaired) electrons.